The molecule has 2 aliphatic heterocycles. The number of piperidine rings is 2. The third kappa shape index (κ3) is 3.09. The summed E-state index contributed by atoms with van der Waals surface area (Å²) in [6.07, 6.45) is 6.97. The number of fused-ring (bicyclic) bond motifs is 2. The topological polar surface area (TPSA) is 33.1 Å². The van der Waals surface area contributed by atoms with Crippen LogP contribution < -0.4 is 5.32 Å². The van der Waals surface area contributed by atoms with Crippen LogP contribution in [0.1, 0.15) is 43.4 Å². The van der Waals surface area contributed by atoms with Gasteiger partial charge < -0.3 is 10.2 Å². The predicted molar refractivity (Wildman–Crippen MR) is 99.1 cm³/mol. The van der Waals surface area contributed by atoms with Gasteiger partial charge >= 0.3 is 0 Å². The fourth-order valence-corrected chi connectivity index (χ4v) is 4.77. The Morgan fingerprint density at radius 1 is 1.17 bits per heavy atom. The Balaban J connectivity index is 1.41. The molecule has 2 fully saturated rings. The number of hydrogen-bond donors (Lipinski definition) is 1. The van der Waals surface area contributed by atoms with Crippen LogP contribution in [-0.4, -0.2) is 40.4 Å². The highest BCUT2D eigenvalue weighted by molar-refractivity contribution is 5.82. The fourth-order valence-electron chi connectivity index (χ4n) is 4.77. The molecule has 0 radical (unpaired) electrons. The molecule has 2 atom stereocenters. The van der Waals surface area contributed by atoms with Gasteiger partial charge in [0.05, 0.1) is 11.2 Å². The van der Waals surface area contributed by atoms with Gasteiger partial charge in [-0.25, -0.2) is 0 Å². The zero-order valence-corrected chi connectivity index (χ0v) is 15.1. The van der Waals surface area contributed by atoms with Crippen LogP contribution in [0, 0.1) is 12.8 Å². The Kier molecular flexibility index (Phi) is 4.59. The molecule has 0 amide bonds. The largest absolute Gasteiger partial charge is 0.311 e. The maximum atomic E-state index is 4.74. The van der Waals surface area contributed by atoms with Crippen LogP contribution in [0.2, 0.25) is 0 Å². The first-order valence-electron chi connectivity index (χ1n) is 9.59. The number of rotatable bonds is 4. The lowest BCUT2D eigenvalue weighted by Crippen LogP contribution is -2.50. The van der Waals surface area contributed by atoms with E-state index in [2.05, 4.69) is 35.3 Å². The van der Waals surface area contributed by atoms with Gasteiger partial charge in [0.25, 0.3) is 0 Å². The summed E-state index contributed by atoms with van der Waals surface area (Å²) in [4.78, 5) is 2.75. The third-order valence-electron chi connectivity index (χ3n) is 6.01. The molecule has 0 unspecified atom stereocenters. The van der Waals surface area contributed by atoms with E-state index in [0.717, 1.165) is 25.0 Å². The normalized spacial score (nSPS) is 25.1. The van der Waals surface area contributed by atoms with E-state index >= 15 is 0 Å². The molecular formula is C20H30N4. The van der Waals surface area contributed by atoms with E-state index in [1.54, 1.807) is 0 Å². The number of aryl methyl sites for hydroxylation is 2. The summed E-state index contributed by atoms with van der Waals surface area (Å²) in [6.45, 7) is 6.81. The molecule has 4 heteroatoms. The standard InChI is InChI=1S/C20H30N4/c1-15-8-9-20-17(12-15)18(22-23(20)2)14-21-13-16-6-5-11-24-10-4-3-7-19(16)24/h8-9,12,16,19,21H,3-7,10-11,13-14H2,1-2H3/t16-,19+/m0/s1. The summed E-state index contributed by atoms with van der Waals surface area (Å²) >= 11 is 0. The van der Waals surface area contributed by atoms with Crippen LogP contribution >= 0.6 is 0 Å². The van der Waals surface area contributed by atoms with Gasteiger partial charge in [-0.3, -0.25) is 4.68 Å². The van der Waals surface area contributed by atoms with Gasteiger partial charge in [0.1, 0.15) is 0 Å². The highest BCUT2D eigenvalue weighted by Crippen LogP contribution is 2.30. The van der Waals surface area contributed by atoms with E-state index in [1.165, 1.54) is 67.4 Å². The van der Waals surface area contributed by atoms with Gasteiger partial charge in [0.2, 0.25) is 0 Å². The predicted octanol–water partition coefficient (Wildman–Crippen LogP) is 3.24. The van der Waals surface area contributed by atoms with Gasteiger partial charge in [-0.15, -0.1) is 0 Å². The second-order valence-corrected chi connectivity index (χ2v) is 7.72. The van der Waals surface area contributed by atoms with E-state index < -0.39 is 0 Å². The van der Waals surface area contributed by atoms with Crippen molar-refractivity contribution in [2.24, 2.45) is 13.0 Å². The molecule has 2 aliphatic rings. The Bertz CT molecular complexity index is 703. The van der Waals surface area contributed by atoms with Crippen molar-refractivity contribution in [3.8, 4) is 0 Å². The summed E-state index contributed by atoms with van der Waals surface area (Å²) < 4.78 is 2.01. The van der Waals surface area contributed by atoms with E-state index in [0.29, 0.717) is 0 Å². The molecule has 1 aromatic carbocycles. The van der Waals surface area contributed by atoms with Crippen molar-refractivity contribution < 1.29 is 0 Å². The quantitative estimate of drug-likeness (QED) is 0.936. The van der Waals surface area contributed by atoms with Gasteiger partial charge in [0.15, 0.2) is 0 Å². The number of nitrogens with zero attached hydrogens (tertiary/aromatic N) is 3. The Morgan fingerprint density at radius 3 is 2.96 bits per heavy atom. The summed E-state index contributed by atoms with van der Waals surface area (Å²) in [7, 11) is 2.04. The molecule has 0 bridgehead atoms. The zero-order valence-electron chi connectivity index (χ0n) is 15.1. The average molecular weight is 326 g/mol. The SMILES string of the molecule is Cc1ccc2c(c1)c(CNC[C@@H]1CCCN3CCCC[C@H]13)nn2C. The second-order valence-electron chi connectivity index (χ2n) is 7.72. The number of aromatic nitrogens is 2. The molecule has 2 aromatic rings. The third-order valence-corrected chi connectivity index (χ3v) is 6.01. The van der Waals surface area contributed by atoms with E-state index in [1.807, 2.05) is 11.7 Å². The van der Waals surface area contributed by atoms with Gasteiger partial charge in [-0.2, -0.15) is 5.10 Å². The number of benzene rings is 1. The van der Waals surface area contributed by atoms with Gasteiger partial charge in [-0.05, 0) is 70.3 Å². The van der Waals surface area contributed by atoms with Gasteiger partial charge in [-0.1, -0.05) is 18.1 Å². The summed E-state index contributed by atoms with van der Waals surface area (Å²) in [6, 6.07) is 7.44. The summed E-state index contributed by atoms with van der Waals surface area (Å²) in [5.74, 6) is 0.816. The maximum Gasteiger partial charge on any atom is 0.0841 e. The smallest absolute Gasteiger partial charge is 0.0841 e. The molecule has 130 valence electrons. The molecule has 24 heavy (non-hydrogen) atoms. The van der Waals surface area contributed by atoms with Crippen LogP contribution in [0.4, 0.5) is 0 Å². The maximum absolute atomic E-state index is 4.74. The monoisotopic (exact) mass is 326 g/mol. The van der Waals surface area contributed by atoms with Crippen molar-refractivity contribution in [3.05, 3.63) is 29.5 Å². The van der Waals surface area contributed by atoms with E-state index in [9.17, 15) is 0 Å². The fraction of sp³-hybridized carbons (Fsp3) is 0.650. The van der Waals surface area contributed by atoms with Crippen molar-refractivity contribution in [2.45, 2.75) is 51.6 Å². The second kappa shape index (κ2) is 6.85. The van der Waals surface area contributed by atoms with Crippen molar-refractivity contribution >= 4 is 10.9 Å². The first-order valence-corrected chi connectivity index (χ1v) is 9.59. The van der Waals surface area contributed by atoms with Crippen LogP contribution in [-0.2, 0) is 13.6 Å². The van der Waals surface area contributed by atoms with Crippen molar-refractivity contribution in [3.63, 3.8) is 0 Å². The average Bonchev–Trinajstić information content (AvgIpc) is 2.90. The Hall–Kier alpha value is -1.39. The minimum Gasteiger partial charge on any atom is -0.311 e. The molecule has 0 spiro atoms. The minimum absolute atomic E-state index is 0.816. The first kappa shape index (κ1) is 16.1. The van der Waals surface area contributed by atoms with E-state index in [-0.39, 0.29) is 0 Å². The van der Waals surface area contributed by atoms with E-state index in [4.69, 9.17) is 5.10 Å². The van der Waals surface area contributed by atoms with Crippen molar-refractivity contribution in [1.29, 1.82) is 0 Å². The molecule has 2 saturated heterocycles. The lowest BCUT2D eigenvalue weighted by Gasteiger charge is -2.44. The van der Waals surface area contributed by atoms with Crippen molar-refractivity contribution in [2.75, 3.05) is 19.6 Å². The lowest BCUT2D eigenvalue weighted by molar-refractivity contribution is 0.0593. The summed E-state index contributed by atoms with van der Waals surface area (Å²) in [5.41, 5.74) is 3.72. The lowest BCUT2D eigenvalue weighted by atomic mass is 9.83. The minimum atomic E-state index is 0.816. The molecule has 3 heterocycles. The Labute approximate surface area is 145 Å². The van der Waals surface area contributed by atoms with Crippen LogP contribution in [0.3, 0.4) is 0 Å². The molecule has 4 nitrogen and oxygen atoms in total. The summed E-state index contributed by atoms with van der Waals surface area (Å²) in [5, 5.41) is 9.76. The Morgan fingerprint density at radius 2 is 2.04 bits per heavy atom. The molecule has 4 rings (SSSR count). The highest BCUT2D eigenvalue weighted by atomic mass is 15.3. The van der Waals surface area contributed by atoms with Crippen LogP contribution in [0.5, 0.6) is 0 Å². The molecular weight excluding hydrogens is 296 g/mol. The first-order chi connectivity index (χ1) is 11.7. The van der Waals surface area contributed by atoms with Crippen LogP contribution in [0.15, 0.2) is 18.2 Å². The number of hydrogen-bond acceptors (Lipinski definition) is 3. The van der Waals surface area contributed by atoms with Crippen molar-refractivity contribution in [1.82, 2.24) is 20.0 Å². The zero-order chi connectivity index (χ0) is 16.5. The molecule has 1 N–H and O–H groups in total. The molecule has 1 aromatic heterocycles. The highest BCUT2D eigenvalue weighted by Gasteiger charge is 2.32. The van der Waals surface area contributed by atoms with Gasteiger partial charge in [0, 0.05) is 25.0 Å². The molecule has 0 aliphatic carbocycles. The number of nitrogens with one attached hydrogen (secondary N) is 1. The molecule has 0 saturated carbocycles. The van der Waals surface area contributed by atoms with Crippen LogP contribution in [0.25, 0.3) is 10.9 Å².